The number of anilines is 1. The van der Waals surface area contributed by atoms with Gasteiger partial charge in [-0.1, -0.05) is 0 Å². The van der Waals surface area contributed by atoms with Crippen LogP contribution in [0.5, 0.6) is 0 Å². The number of likely N-dealkylation sites (N-methyl/N-ethyl adjacent to an activating group) is 1. The Kier molecular flexibility index (Phi) is 5.10. The van der Waals surface area contributed by atoms with Gasteiger partial charge in [0.25, 0.3) is 5.91 Å². The summed E-state index contributed by atoms with van der Waals surface area (Å²) in [6.45, 7) is 3.99. The lowest BCUT2D eigenvalue weighted by Crippen LogP contribution is -2.36. The number of thiazole rings is 1. The highest BCUT2D eigenvalue weighted by Gasteiger charge is 2.30. The molecule has 0 radical (unpaired) electrons. The topological polar surface area (TPSA) is 104 Å². The van der Waals surface area contributed by atoms with Crippen LogP contribution in [0.4, 0.5) is 5.82 Å². The summed E-state index contributed by atoms with van der Waals surface area (Å²) in [5.41, 5.74) is 8.18. The van der Waals surface area contributed by atoms with E-state index in [0.717, 1.165) is 29.2 Å². The molecule has 1 amide bonds. The SMILES string of the molecule is Cc1nc(-c2c[nH]c(C(=O)N3CCC(N(C)Cc4nccc(N)n4)C3)c2)cs1. The summed E-state index contributed by atoms with van der Waals surface area (Å²) in [5.74, 6) is 1.19. The average molecular weight is 398 g/mol. The van der Waals surface area contributed by atoms with Gasteiger partial charge in [0.15, 0.2) is 0 Å². The number of carbonyl (C=O) groups excluding carboxylic acids is 1. The predicted octanol–water partition coefficient (Wildman–Crippen LogP) is 2.17. The van der Waals surface area contributed by atoms with Crippen molar-refractivity contribution in [3.63, 3.8) is 0 Å². The lowest BCUT2D eigenvalue weighted by molar-refractivity contribution is 0.0774. The van der Waals surface area contributed by atoms with Crippen LogP contribution in [-0.4, -0.2) is 61.8 Å². The van der Waals surface area contributed by atoms with Crippen LogP contribution in [0.25, 0.3) is 11.3 Å². The van der Waals surface area contributed by atoms with E-state index < -0.39 is 0 Å². The van der Waals surface area contributed by atoms with Crippen molar-refractivity contribution in [2.75, 3.05) is 25.9 Å². The van der Waals surface area contributed by atoms with Gasteiger partial charge < -0.3 is 15.6 Å². The second kappa shape index (κ2) is 7.69. The molecule has 0 bridgehead atoms. The van der Waals surface area contributed by atoms with E-state index in [4.69, 9.17) is 5.73 Å². The van der Waals surface area contributed by atoms with Gasteiger partial charge in [-0.15, -0.1) is 11.3 Å². The fourth-order valence-corrected chi connectivity index (χ4v) is 4.08. The molecular weight excluding hydrogens is 374 g/mol. The Balaban J connectivity index is 1.38. The Morgan fingerprint density at radius 2 is 2.32 bits per heavy atom. The molecular formula is C19H23N7OS. The molecule has 1 fully saturated rings. The first kappa shape index (κ1) is 18.6. The molecule has 0 aliphatic carbocycles. The Labute approximate surface area is 167 Å². The van der Waals surface area contributed by atoms with Gasteiger partial charge in [0, 0.05) is 42.5 Å². The molecule has 4 rings (SSSR count). The first-order chi connectivity index (χ1) is 13.5. The first-order valence-corrected chi connectivity index (χ1v) is 10.1. The van der Waals surface area contributed by atoms with Crippen molar-refractivity contribution in [3.05, 3.63) is 46.4 Å². The maximum absolute atomic E-state index is 12.9. The highest BCUT2D eigenvalue weighted by molar-refractivity contribution is 7.09. The van der Waals surface area contributed by atoms with E-state index in [0.29, 0.717) is 30.4 Å². The van der Waals surface area contributed by atoms with Crippen LogP contribution < -0.4 is 5.73 Å². The van der Waals surface area contributed by atoms with Gasteiger partial charge >= 0.3 is 0 Å². The van der Waals surface area contributed by atoms with Gasteiger partial charge in [0.2, 0.25) is 0 Å². The van der Waals surface area contributed by atoms with Gasteiger partial charge in [-0.2, -0.15) is 0 Å². The summed E-state index contributed by atoms with van der Waals surface area (Å²) in [6.07, 6.45) is 4.44. The second-order valence-electron chi connectivity index (χ2n) is 7.06. The molecule has 0 spiro atoms. The number of hydrogen-bond acceptors (Lipinski definition) is 7. The number of H-pyrrole nitrogens is 1. The fourth-order valence-electron chi connectivity index (χ4n) is 3.46. The molecule has 1 saturated heterocycles. The molecule has 9 heteroatoms. The van der Waals surface area contributed by atoms with Crippen molar-refractivity contribution in [2.45, 2.75) is 25.9 Å². The van der Waals surface area contributed by atoms with Gasteiger partial charge in [-0.05, 0) is 32.5 Å². The van der Waals surface area contributed by atoms with Crippen LogP contribution in [0.1, 0.15) is 27.7 Å². The quantitative estimate of drug-likeness (QED) is 0.684. The number of rotatable bonds is 5. The molecule has 1 atom stereocenters. The average Bonchev–Trinajstić information content (AvgIpc) is 3.41. The minimum atomic E-state index is 0.0225. The minimum absolute atomic E-state index is 0.0225. The van der Waals surface area contributed by atoms with Crippen molar-refractivity contribution in [1.82, 2.24) is 29.7 Å². The summed E-state index contributed by atoms with van der Waals surface area (Å²) in [4.78, 5) is 33.1. The number of nitrogens with zero attached hydrogens (tertiary/aromatic N) is 5. The van der Waals surface area contributed by atoms with Gasteiger partial charge in [0.05, 0.1) is 17.2 Å². The Morgan fingerprint density at radius 3 is 3.07 bits per heavy atom. The van der Waals surface area contributed by atoms with Gasteiger partial charge in [0.1, 0.15) is 17.3 Å². The van der Waals surface area contributed by atoms with Crippen molar-refractivity contribution >= 4 is 23.1 Å². The molecule has 28 heavy (non-hydrogen) atoms. The molecule has 3 aromatic heterocycles. The molecule has 1 unspecified atom stereocenters. The minimum Gasteiger partial charge on any atom is -0.384 e. The zero-order chi connectivity index (χ0) is 19.7. The molecule has 8 nitrogen and oxygen atoms in total. The number of amides is 1. The van der Waals surface area contributed by atoms with Crippen LogP contribution in [-0.2, 0) is 6.54 Å². The van der Waals surface area contributed by atoms with E-state index in [1.54, 1.807) is 23.6 Å². The van der Waals surface area contributed by atoms with Crippen molar-refractivity contribution in [2.24, 2.45) is 0 Å². The Morgan fingerprint density at radius 1 is 1.46 bits per heavy atom. The molecule has 4 heterocycles. The lowest BCUT2D eigenvalue weighted by atomic mass is 10.2. The van der Waals surface area contributed by atoms with E-state index >= 15 is 0 Å². The third-order valence-electron chi connectivity index (χ3n) is 5.02. The first-order valence-electron chi connectivity index (χ1n) is 9.17. The maximum atomic E-state index is 12.9. The molecule has 3 N–H and O–H groups in total. The smallest absolute Gasteiger partial charge is 0.270 e. The third-order valence-corrected chi connectivity index (χ3v) is 5.79. The van der Waals surface area contributed by atoms with Crippen LogP contribution >= 0.6 is 11.3 Å². The van der Waals surface area contributed by atoms with Crippen molar-refractivity contribution < 1.29 is 4.79 Å². The molecule has 1 aliphatic heterocycles. The largest absolute Gasteiger partial charge is 0.384 e. The predicted molar refractivity (Wildman–Crippen MR) is 109 cm³/mol. The third kappa shape index (κ3) is 3.90. The summed E-state index contributed by atoms with van der Waals surface area (Å²) in [7, 11) is 2.03. The summed E-state index contributed by atoms with van der Waals surface area (Å²) >= 11 is 1.60. The highest BCUT2D eigenvalue weighted by Crippen LogP contribution is 2.24. The van der Waals surface area contributed by atoms with E-state index in [1.807, 2.05) is 36.5 Å². The zero-order valence-electron chi connectivity index (χ0n) is 15.9. The monoisotopic (exact) mass is 397 g/mol. The normalized spacial score (nSPS) is 16.8. The van der Waals surface area contributed by atoms with Crippen LogP contribution in [0.2, 0.25) is 0 Å². The van der Waals surface area contributed by atoms with Crippen molar-refractivity contribution in [3.8, 4) is 11.3 Å². The number of likely N-dealkylation sites (tertiary alicyclic amines) is 1. The standard InChI is InChI=1S/C19H23N7OS/c1-12-23-16(11-28-12)13-7-15(22-8-13)19(27)26-6-4-14(9-26)25(2)10-18-21-5-3-17(20)24-18/h3,5,7-8,11,14,22H,4,6,9-10H2,1-2H3,(H2,20,21,24). The Bertz CT molecular complexity index is 982. The molecule has 1 aliphatic rings. The molecule has 0 aromatic carbocycles. The zero-order valence-corrected chi connectivity index (χ0v) is 16.7. The van der Waals surface area contributed by atoms with Crippen molar-refractivity contribution in [1.29, 1.82) is 0 Å². The van der Waals surface area contributed by atoms with Crippen LogP contribution in [0.15, 0.2) is 29.9 Å². The van der Waals surface area contributed by atoms with Gasteiger partial charge in [-0.25, -0.2) is 15.0 Å². The van der Waals surface area contributed by atoms with Gasteiger partial charge in [-0.3, -0.25) is 9.69 Å². The molecule has 3 aromatic rings. The Hall–Kier alpha value is -2.78. The fraction of sp³-hybridized carbons (Fsp3) is 0.368. The van der Waals surface area contributed by atoms with E-state index in [2.05, 4.69) is 24.8 Å². The van der Waals surface area contributed by atoms with Crippen LogP contribution in [0, 0.1) is 6.92 Å². The second-order valence-corrected chi connectivity index (χ2v) is 8.12. The van der Waals surface area contributed by atoms with E-state index in [-0.39, 0.29) is 11.9 Å². The number of aryl methyl sites for hydroxylation is 1. The summed E-state index contributed by atoms with van der Waals surface area (Å²) < 4.78 is 0. The van der Waals surface area contributed by atoms with Crippen LogP contribution in [0.3, 0.4) is 0 Å². The number of aromatic amines is 1. The van der Waals surface area contributed by atoms with E-state index in [9.17, 15) is 4.79 Å². The number of nitrogens with one attached hydrogen (secondary N) is 1. The molecule has 146 valence electrons. The maximum Gasteiger partial charge on any atom is 0.270 e. The number of hydrogen-bond donors (Lipinski definition) is 2. The highest BCUT2D eigenvalue weighted by atomic mass is 32.1. The summed E-state index contributed by atoms with van der Waals surface area (Å²) in [6, 6.07) is 3.83. The number of carbonyl (C=O) groups is 1. The van der Waals surface area contributed by atoms with E-state index in [1.165, 1.54) is 0 Å². The lowest BCUT2D eigenvalue weighted by Gasteiger charge is -2.23. The number of nitrogen functional groups attached to an aromatic ring is 1. The molecule has 0 saturated carbocycles. The number of nitrogens with two attached hydrogens (primary N) is 1. The number of aromatic nitrogens is 4. The summed E-state index contributed by atoms with van der Waals surface area (Å²) in [5, 5.41) is 3.02.